The lowest BCUT2D eigenvalue weighted by molar-refractivity contribution is -0.117. The number of Topliss-reactive ketones (excluding diaryl/α,β-unsaturated/α-hetero) is 1. The first kappa shape index (κ1) is 14.9. The van der Waals surface area contributed by atoms with Crippen LogP contribution in [-0.2, 0) is 4.79 Å². The molecule has 0 aromatic heterocycles. The van der Waals surface area contributed by atoms with Gasteiger partial charge in [-0.2, -0.15) is 0 Å². The molecule has 0 bridgehead atoms. The summed E-state index contributed by atoms with van der Waals surface area (Å²) in [5, 5.41) is 12.0. The summed E-state index contributed by atoms with van der Waals surface area (Å²) >= 11 is 0. The van der Waals surface area contributed by atoms with Crippen LogP contribution in [0.2, 0.25) is 0 Å². The summed E-state index contributed by atoms with van der Waals surface area (Å²) in [5.41, 5.74) is 0.959. The summed E-state index contributed by atoms with van der Waals surface area (Å²) < 4.78 is 6.14. The summed E-state index contributed by atoms with van der Waals surface area (Å²) in [6.07, 6.45) is 4.99. The quantitative estimate of drug-likeness (QED) is 0.824. The van der Waals surface area contributed by atoms with Crippen LogP contribution in [-0.4, -0.2) is 42.0 Å². The zero-order valence-electron chi connectivity index (χ0n) is 12.3. The van der Waals surface area contributed by atoms with Crippen LogP contribution < -0.4 is 10.1 Å². The Morgan fingerprint density at radius 3 is 2.86 bits per heavy atom. The summed E-state index contributed by atoms with van der Waals surface area (Å²) in [7, 11) is 0. The van der Waals surface area contributed by atoms with E-state index in [2.05, 4.69) is 5.32 Å². The van der Waals surface area contributed by atoms with Crippen molar-refractivity contribution in [1.29, 1.82) is 0 Å². The standard InChI is InChI=1S/C17H19NO4/c19-11-13(20)3-1-12-2-4-16-14(9-12)15(21)10-17(22-16)5-7-18-8-6-17/h1-4,9,18-19H,5-8,10-11H2/b3-1+. The van der Waals surface area contributed by atoms with E-state index in [0.717, 1.165) is 31.5 Å². The van der Waals surface area contributed by atoms with Crippen LogP contribution in [0.25, 0.3) is 6.08 Å². The Balaban J connectivity index is 1.85. The molecule has 1 aromatic carbocycles. The molecular formula is C17H19NO4. The van der Waals surface area contributed by atoms with Crippen molar-refractivity contribution in [3.8, 4) is 5.75 Å². The molecule has 1 fully saturated rings. The predicted molar refractivity (Wildman–Crippen MR) is 82.0 cm³/mol. The van der Waals surface area contributed by atoms with E-state index in [0.29, 0.717) is 17.7 Å². The second-order valence-corrected chi connectivity index (χ2v) is 5.85. The lowest BCUT2D eigenvalue weighted by atomic mass is 9.83. The molecule has 5 heteroatoms. The molecule has 0 atom stereocenters. The number of carbonyl (C=O) groups is 2. The third-order valence-corrected chi connectivity index (χ3v) is 4.25. The molecule has 0 unspecified atom stereocenters. The molecule has 2 aliphatic rings. The van der Waals surface area contributed by atoms with Crippen molar-refractivity contribution in [1.82, 2.24) is 5.32 Å². The number of benzene rings is 1. The van der Waals surface area contributed by atoms with Gasteiger partial charge in [-0.1, -0.05) is 12.1 Å². The number of rotatable bonds is 3. The van der Waals surface area contributed by atoms with E-state index in [1.165, 1.54) is 6.08 Å². The van der Waals surface area contributed by atoms with E-state index in [4.69, 9.17) is 9.84 Å². The van der Waals surface area contributed by atoms with Gasteiger partial charge in [0.05, 0.1) is 12.0 Å². The van der Waals surface area contributed by atoms with E-state index in [9.17, 15) is 9.59 Å². The topological polar surface area (TPSA) is 75.6 Å². The van der Waals surface area contributed by atoms with Crippen molar-refractivity contribution in [3.63, 3.8) is 0 Å². The number of fused-ring (bicyclic) bond motifs is 1. The maximum absolute atomic E-state index is 12.5. The Morgan fingerprint density at radius 2 is 2.14 bits per heavy atom. The fourth-order valence-corrected chi connectivity index (χ4v) is 3.02. The van der Waals surface area contributed by atoms with Gasteiger partial charge in [-0.15, -0.1) is 0 Å². The molecule has 5 nitrogen and oxygen atoms in total. The smallest absolute Gasteiger partial charge is 0.181 e. The van der Waals surface area contributed by atoms with E-state index in [1.807, 2.05) is 6.07 Å². The van der Waals surface area contributed by atoms with Gasteiger partial charge in [0.25, 0.3) is 0 Å². The van der Waals surface area contributed by atoms with Crippen molar-refractivity contribution in [3.05, 3.63) is 35.4 Å². The van der Waals surface area contributed by atoms with Gasteiger partial charge in [0.2, 0.25) is 0 Å². The molecule has 22 heavy (non-hydrogen) atoms. The largest absolute Gasteiger partial charge is 0.486 e. The van der Waals surface area contributed by atoms with Crippen LogP contribution >= 0.6 is 0 Å². The Morgan fingerprint density at radius 1 is 1.36 bits per heavy atom. The lowest BCUT2D eigenvalue weighted by Gasteiger charge is -2.40. The van der Waals surface area contributed by atoms with Gasteiger partial charge in [-0.25, -0.2) is 0 Å². The Bertz CT molecular complexity index is 630. The second kappa shape index (κ2) is 6.02. The van der Waals surface area contributed by atoms with Gasteiger partial charge < -0.3 is 15.2 Å². The number of aliphatic hydroxyl groups is 1. The number of aliphatic hydroxyl groups excluding tert-OH is 1. The minimum absolute atomic E-state index is 0.0897. The van der Waals surface area contributed by atoms with Crippen LogP contribution in [0.3, 0.4) is 0 Å². The zero-order valence-corrected chi connectivity index (χ0v) is 12.3. The molecule has 1 saturated heterocycles. The SMILES string of the molecule is O=C(/C=C/c1ccc2c(c1)C(=O)CC1(CCNCC1)O2)CO. The van der Waals surface area contributed by atoms with Gasteiger partial charge in [0.1, 0.15) is 18.0 Å². The summed E-state index contributed by atoms with van der Waals surface area (Å²) in [5.74, 6) is 0.352. The highest BCUT2D eigenvalue weighted by Crippen LogP contribution is 2.38. The maximum Gasteiger partial charge on any atom is 0.181 e. The molecular weight excluding hydrogens is 282 g/mol. The second-order valence-electron chi connectivity index (χ2n) is 5.85. The molecule has 0 amide bonds. The fraction of sp³-hybridized carbons (Fsp3) is 0.412. The van der Waals surface area contributed by atoms with Crippen LogP contribution in [0, 0.1) is 0 Å². The molecule has 0 aliphatic carbocycles. The number of ketones is 2. The molecule has 116 valence electrons. The highest BCUT2D eigenvalue weighted by Gasteiger charge is 2.41. The number of hydrogen-bond acceptors (Lipinski definition) is 5. The van der Waals surface area contributed by atoms with E-state index in [-0.39, 0.29) is 17.2 Å². The van der Waals surface area contributed by atoms with Gasteiger partial charge >= 0.3 is 0 Å². The van der Waals surface area contributed by atoms with Crippen molar-refractivity contribution in [2.45, 2.75) is 24.9 Å². The molecule has 1 aromatic rings. The zero-order chi connectivity index (χ0) is 15.6. The summed E-state index contributed by atoms with van der Waals surface area (Å²) in [6.45, 7) is 1.22. The summed E-state index contributed by atoms with van der Waals surface area (Å²) in [4.78, 5) is 23.6. The molecule has 2 N–H and O–H groups in total. The van der Waals surface area contributed by atoms with Crippen LogP contribution in [0.15, 0.2) is 24.3 Å². The van der Waals surface area contributed by atoms with Crippen molar-refractivity contribution < 1.29 is 19.4 Å². The maximum atomic E-state index is 12.5. The van der Waals surface area contributed by atoms with Gasteiger partial charge in [0.15, 0.2) is 11.6 Å². The van der Waals surface area contributed by atoms with E-state index in [1.54, 1.807) is 18.2 Å². The van der Waals surface area contributed by atoms with E-state index >= 15 is 0 Å². The van der Waals surface area contributed by atoms with Crippen molar-refractivity contribution in [2.75, 3.05) is 19.7 Å². The molecule has 0 saturated carbocycles. The summed E-state index contributed by atoms with van der Waals surface area (Å²) in [6, 6.07) is 5.35. The number of carbonyl (C=O) groups excluding carboxylic acids is 2. The number of hydrogen-bond donors (Lipinski definition) is 2. The Labute approximate surface area is 129 Å². The molecule has 0 radical (unpaired) electrons. The van der Waals surface area contributed by atoms with Crippen molar-refractivity contribution >= 4 is 17.6 Å². The average molecular weight is 301 g/mol. The van der Waals surface area contributed by atoms with Gasteiger partial charge in [0, 0.05) is 12.8 Å². The number of piperidine rings is 1. The third-order valence-electron chi connectivity index (χ3n) is 4.25. The highest BCUT2D eigenvalue weighted by atomic mass is 16.5. The Hall–Kier alpha value is -1.98. The molecule has 1 spiro atoms. The highest BCUT2D eigenvalue weighted by molar-refractivity contribution is 6.01. The normalized spacial score (nSPS) is 20.0. The molecule has 3 rings (SSSR count). The van der Waals surface area contributed by atoms with E-state index < -0.39 is 6.61 Å². The van der Waals surface area contributed by atoms with Crippen LogP contribution in [0.4, 0.5) is 0 Å². The average Bonchev–Trinajstić information content (AvgIpc) is 2.53. The predicted octanol–water partition coefficient (Wildman–Crippen LogP) is 1.35. The molecule has 2 heterocycles. The lowest BCUT2D eigenvalue weighted by Crippen LogP contribution is -2.49. The minimum Gasteiger partial charge on any atom is -0.486 e. The van der Waals surface area contributed by atoms with Crippen molar-refractivity contribution in [2.24, 2.45) is 0 Å². The third kappa shape index (κ3) is 2.96. The first-order chi connectivity index (χ1) is 10.6. The number of nitrogens with one attached hydrogen (secondary N) is 1. The first-order valence-electron chi connectivity index (χ1n) is 7.51. The monoisotopic (exact) mass is 301 g/mol. The Kier molecular flexibility index (Phi) is 4.09. The van der Waals surface area contributed by atoms with Gasteiger partial charge in [-0.3, -0.25) is 9.59 Å². The van der Waals surface area contributed by atoms with Crippen LogP contribution in [0.5, 0.6) is 5.75 Å². The first-order valence-corrected chi connectivity index (χ1v) is 7.51. The number of ether oxygens (including phenoxy) is 1. The minimum atomic E-state index is -0.514. The fourth-order valence-electron chi connectivity index (χ4n) is 3.02. The van der Waals surface area contributed by atoms with Gasteiger partial charge in [-0.05, 0) is 36.9 Å². The van der Waals surface area contributed by atoms with Crippen LogP contribution in [0.1, 0.15) is 35.2 Å². The molecule has 2 aliphatic heterocycles.